The fraction of sp³-hybridized carbons (Fsp3) is 0.362. The van der Waals surface area contributed by atoms with Crippen LogP contribution in [-0.2, 0) is 10.8 Å². The number of hydrogen-bond acceptors (Lipinski definition) is 3. The second-order valence-corrected chi connectivity index (χ2v) is 17.3. The number of fused-ring (bicyclic) bond motifs is 7. The van der Waals surface area contributed by atoms with Gasteiger partial charge in [-0.2, -0.15) is 0 Å². The molecular formula is C47H52N2O. The molecule has 0 atom stereocenters. The highest BCUT2D eigenvalue weighted by Gasteiger charge is 2.27. The van der Waals surface area contributed by atoms with Crippen molar-refractivity contribution < 1.29 is 4.42 Å². The summed E-state index contributed by atoms with van der Waals surface area (Å²) in [6.07, 6.45) is 1.69. The Morgan fingerprint density at radius 3 is 1.76 bits per heavy atom. The van der Waals surface area contributed by atoms with Gasteiger partial charge in [0.05, 0.1) is 5.69 Å². The summed E-state index contributed by atoms with van der Waals surface area (Å²) in [5, 5.41) is 7.21. The zero-order chi connectivity index (χ0) is 35.9. The van der Waals surface area contributed by atoms with Gasteiger partial charge in [-0.05, 0) is 97.0 Å². The molecule has 256 valence electrons. The van der Waals surface area contributed by atoms with E-state index in [1.54, 1.807) is 6.33 Å². The number of hydrogen-bond donors (Lipinski definition) is 0. The van der Waals surface area contributed by atoms with Crippen LogP contribution in [0, 0.1) is 0 Å². The van der Waals surface area contributed by atoms with E-state index in [0.717, 1.165) is 38.9 Å². The van der Waals surface area contributed by atoms with Crippen LogP contribution in [0.4, 0.5) is 0 Å². The Bertz CT molecular complexity index is 2400. The summed E-state index contributed by atoms with van der Waals surface area (Å²) in [7, 11) is 0. The summed E-state index contributed by atoms with van der Waals surface area (Å²) in [6, 6.07) is 27.5. The van der Waals surface area contributed by atoms with Crippen LogP contribution in [0.25, 0.3) is 65.9 Å². The van der Waals surface area contributed by atoms with Crippen molar-refractivity contribution in [3.05, 3.63) is 107 Å². The minimum Gasteiger partial charge on any atom is -0.455 e. The average molecular weight is 661 g/mol. The summed E-state index contributed by atoms with van der Waals surface area (Å²) in [5.74, 6) is 1.21. The lowest BCUT2D eigenvalue weighted by Crippen LogP contribution is -2.14. The monoisotopic (exact) mass is 660 g/mol. The maximum Gasteiger partial charge on any atom is 0.145 e. The van der Waals surface area contributed by atoms with Crippen LogP contribution in [0.2, 0.25) is 0 Å². The zero-order valence-electron chi connectivity index (χ0n) is 32.0. The molecule has 0 saturated carbocycles. The maximum absolute atomic E-state index is 7.20. The lowest BCUT2D eigenvalue weighted by molar-refractivity contribution is 0.567. The first-order valence-corrected chi connectivity index (χ1v) is 18.4. The van der Waals surface area contributed by atoms with Gasteiger partial charge in [-0.15, -0.1) is 0 Å². The first-order chi connectivity index (χ1) is 23.6. The molecule has 0 bridgehead atoms. The van der Waals surface area contributed by atoms with Gasteiger partial charge in [0.2, 0.25) is 0 Å². The number of rotatable bonds is 5. The zero-order valence-corrected chi connectivity index (χ0v) is 32.0. The van der Waals surface area contributed by atoms with Crippen LogP contribution >= 0.6 is 0 Å². The lowest BCUT2D eigenvalue weighted by Gasteiger charge is -2.24. The fourth-order valence-corrected chi connectivity index (χ4v) is 7.73. The molecule has 0 aliphatic carbocycles. The van der Waals surface area contributed by atoms with Crippen molar-refractivity contribution >= 4 is 43.5 Å². The molecule has 0 spiro atoms. The van der Waals surface area contributed by atoms with E-state index in [2.05, 4.69) is 161 Å². The van der Waals surface area contributed by atoms with E-state index in [-0.39, 0.29) is 10.8 Å². The molecule has 0 aliphatic rings. The molecule has 3 nitrogen and oxygen atoms in total. The predicted octanol–water partition coefficient (Wildman–Crippen LogP) is 14.0. The molecule has 0 unspecified atom stereocenters. The molecule has 3 heteroatoms. The van der Waals surface area contributed by atoms with Crippen LogP contribution in [0.1, 0.15) is 129 Å². The Balaban J connectivity index is 1.64. The van der Waals surface area contributed by atoms with E-state index in [4.69, 9.17) is 9.40 Å². The van der Waals surface area contributed by atoms with Gasteiger partial charge in [-0.1, -0.05) is 132 Å². The normalized spacial score (nSPS) is 12.9. The molecule has 0 saturated heterocycles. The standard InChI is InChI=1S/C47H52N2O/c1-26(2)29-21-35(27(3)4)42(36(22-29)28(5)6)37-23-38-32(30-15-13-14-16-31(30)37)17-18-34-43-39(46(7,8)9)20-19-33(45(43)50-44(34)38)40-24-41(47(10,11)12)49-25-48-40/h13-28H,1-12H3. The largest absolute Gasteiger partial charge is 0.455 e. The Morgan fingerprint density at radius 1 is 0.540 bits per heavy atom. The van der Waals surface area contributed by atoms with Crippen molar-refractivity contribution in [3.63, 3.8) is 0 Å². The number of aromatic nitrogens is 2. The Hall–Kier alpha value is -4.50. The van der Waals surface area contributed by atoms with E-state index >= 15 is 0 Å². The molecule has 2 aromatic heterocycles. The third-order valence-corrected chi connectivity index (χ3v) is 10.5. The molecule has 7 rings (SSSR count). The average Bonchev–Trinajstić information content (AvgIpc) is 3.46. The summed E-state index contributed by atoms with van der Waals surface area (Å²) >= 11 is 0. The van der Waals surface area contributed by atoms with Gasteiger partial charge < -0.3 is 4.42 Å². The van der Waals surface area contributed by atoms with Crippen LogP contribution in [0.15, 0.2) is 83.5 Å². The van der Waals surface area contributed by atoms with Crippen molar-refractivity contribution in [2.45, 2.75) is 112 Å². The van der Waals surface area contributed by atoms with E-state index in [1.165, 1.54) is 54.9 Å². The predicted molar refractivity (Wildman–Crippen MR) is 215 cm³/mol. The van der Waals surface area contributed by atoms with E-state index < -0.39 is 0 Å². The highest BCUT2D eigenvalue weighted by Crippen LogP contribution is 2.48. The molecule has 7 aromatic rings. The Morgan fingerprint density at radius 2 is 1.16 bits per heavy atom. The van der Waals surface area contributed by atoms with Gasteiger partial charge in [0.25, 0.3) is 0 Å². The Labute approximate surface area is 298 Å². The third-order valence-electron chi connectivity index (χ3n) is 10.5. The molecule has 0 aliphatic heterocycles. The summed E-state index contributed by atoms with van der Waals surface area (Å²) in [4.78, 5) is 9.43. The van der Waals surface area contributed by atoms with Crippen LogP contribution in [0.3, 0.4) is 0 Å². The van der Waals surface area contributed by atoms with Crippen LogP contribution < -0.4 is 0 Å². The number of furan rings is 1. The molecule has 0 N–H and O–H groups in total. The van der Waals surface area contributed by atoms with Crippen molar-refractivity contribution in [1.29, 1.82) is 0 Å². The van der Waals surface area contributed by atoms with Gasteiger partial charge in [0, 0.05) is 32.8 Å². The first-order valence-electron chi connectivity index (χ1n) is 18.4. The van der Waals surface area contributed by atoms with E-state index in [0.29, 0.717) is 17.8 Å². The molecule has 0 amide bonds. The second-order valence-electron chi connectivity index (χ2n) is 17.3. The molecule has 50 heavy (non-hydrogen) atoms. The number of nitrogens with zero attached hydrogens (tertiary/aromatic N) is 2. The van der Waals surface area contributed by atoms with Crippen molar-refractivity contribution in [1.82, 2.24) is 9.97 Å². The van der Waals surface area contributed by atoms with Gasteiger partial charge in [0.1, 0.15) is 17.5 Å². The molecule has 2 heterocycles. The highest BCUT2D eigenvalue weighted by atomic mass is 16.3. The lowest BCUT2D eigenvalue weighted by atomic mass is 9.80. The van der Waals surface area contributed by atoms with Gasteiger partial charge in [-0.3, -0.25) is 0 Å². The van der Waals surface area contributed by atoms with Crippen molar-refractivity contribution in [3.8, 4) is 22.4 Å². The van der Waals surface area contributed by atoms with Crippen molar-refractivity contribution in [2.75, 3.05) is 0 Å². The second kappa shape index (κ2) is 12.1. The summed E-state index contributed by atoms with van der Waals surface area (Å²) in [6.45, 7) is 27.4. The smallest absolute Gasteiger partial charge is 0.145 e. The minimum absolute atomic E-state index is 0.0875. The SMILES string of the molecule is CC(C)c1cc(C(C)C)c(-c2cc3c(ccc4c3oc3c(-c5cc(C(C)(C)C)ncn5)ccc(C(C)(C)C)c34)c3ccccc23)c(C(C)C)c1. The summed E-state index contributed by atoms with van der Waals surface area (Å²) < 4.78 is 7.20. The fourth-order valence-electron chi connectivity index (χ4n) is 7.73. The minimum atomic E-state index is -0.0965. The molecule has 0 radical (unpaired) electrons. The third kappa shape index (κ3) is 5.60. The molecular weight excluding hydrogens is 609 g/mol. The topological polar surface area (TPSA) is 38.9 Å². The first kappa shape index (κ1) is 34.0. The van der Waals surface area contributed by atoms with E-state index in [1.807, 2.05) is 0 Å². The Kier molecular flexibility index (Phi) is 8.21. The van der Waals surface area contributed by atoms with Gasteiger partial charge in [0.15, 0.2) is 0 Å². The van der Waals surface area contributed by atoms with Crippen molar-refractivity contribution in [2.24, 2.45) is 0 Å². The van der Waals surface area contributed by atoms with Gasteiger partial charge in [-0.25, -0.2) is 9.97 Å². The summed E-state index contributed by atoms with van der Waals surface area (Å²) in [5.41, 5.74) is 12.7. The quantitative estimate of drug-likeness (QED) is 0.172. The maximum atomic E-state index is 7.20. The number of benzene rings is 5. The van der Waals surface area contributed by atoms with Crippen LogP contribution in [-0.4, -0.2) is 9.97 Å². The molecule has 0 fully saturated rings. The van der Waals surface area contributed by atoms with Crippen LogP contribution in [0.5, 0.6) is 0 Å². The molecule has 5 aromatic carbocycles. The highest BCUT2D eigenvalue weighted by molar-refractivity contribution is 6.24. The van der Waals surface area contributed by atoms with Gasteiger partial charge >= 0.3 is 0 Å². The van der Waals surface area contributed by atoms with E-state index in [9.17, 15) is 0 Å².